The Kier molecular flexibility index (Phi) is 5.13. The van der Waals surface area contributed by atoms with E-state index < -0.39 is 0 Å². The highest BCUT2D eigenvalue weighted by atomic mass is 16.1. The molecule has 1 amide bonds. The summed E-state index contributed by atoms with van der Waals surface area (Å²) in [5.41, 5.74) is 7.61. The number of carbonyl (C=O) groups is 1. The molecule has 0 fully saturated rings. The zero-order chi connectivity index (χ0) is 20.4. The summed E-state index contributed by atoms with van der Waals surface area (Å²) in [4.78, 5) is 18.1. The van der Waals surface area contributed by atoms with Gasteiger partial charge in [0, 0.05) is 16.6 Å². The maximum Gasteiger partial charge on any atom is 0.256 e. The molecule has 144 valence electrons. The van der Waals surface area contributed by atoms with Crippen LogP contribution in [0.2, 0.25) is 0 Å². The van der Waals surface area contributed by atoms with Crippen molar-refractivity contribution in [2.45, 2.75) is 27.2 Å². The minimum absolute atomic E-state index is 0.119. The fraction of sp³-hybridized carbons (Fsp3) is 0.154. The van der Waals surface area contributed by atoms with Crippen LogP contribution in [0.15, 0.2) is 72.8 Å². The molecular formula is C26H24N2O. The molecule has 29 heavy (non-hydrogen) atoms. The Balaban J connectivity index is 1.83. The molecule has 0 saturated heterocycles. The van der Waals surface area contributed by atoms with Crippen molar-refractivity contribution >= 4 is 22.5 Å². The Morgan fingerprint density at radius 3 is 2.41 bits per heavy atom. The fourth-order valence-corrected chi connectivity index (χ4v) is 3.46. The van der Waals surface area contributed by atoms with E-state index in [1.165, 1.54) is 11.1 Å². The molecule has 3 nitrogen and oxygen atoms in total. The summed E-state index contributed by atoms with van der Waals surface area (Å²) in [7, 11) is 0. The Morgan fingerprint density at radius 1 is 0.897 bits per heavy atom. The van der Waals surface area contributed by atoms with Crippen molar-refractivity contribution in [3.8, 4) is 11.3 Å². The molecule has 3 heteroatoms. The molecular weight excluding hydrogens is 356 g/mol. The van der Waals surface area contributed by atoms with Crippen LogP contribution in [0.4, 0.5) is 5.69 Å². The SMILES string of the molecule is CCc1ccc2nc(-c3ccccc3)cc(C(=O)Nc3ccc(C)c(C)c3)c2c1. The number of nitrogens with one attached hydrogen (secondary N) is 1. The maximum absolute atomic E-state index is 13.3. The van der Waals surface area contributed by atoms with Gasteiger partial charge in [0.05, 0.1) is 16.8 Å². The van der Waals surface area contributed by atoms with Crippen LogP contribution in [0.1, 0.15) is 34.0 Å². The normalized spacial score (nSPS) is 10.9. The van der Waals surface area contributed by atoms with Gasteiger partial charge >= 0.3 is 0 Å². The Hall–Kier alpha value is -3.46. The molecule has 0 unspecified atom stereocenters. The first-order valence-electron chi connectivity index (χ1n) is 9.93. The summed E-state index contributed by atoms with van der Waals surface area (Å²) in [6.45, 7) is 6.23. The third-order valence-electron chi connectivity index (χ3n) is 5.36. The number of hydrogen-bond donors (Lipinski definition) is 1. The standard InChI is InChI=1S/C26H24N2O/c1-4-19-11-13-24-22(15-19)23(16-25(28-24)20-8-6-5-7-9-20)26(29)27-21-12-10-17(2)18(3)14-21/h5-16H,4H2,1-3H3,(H,27,29). The van der Waals surface area contributed by atoms with E-state index in [1.54, 1.807) is 0 Å². The van der Waals surface area contributed by atoms with E-state index in [-0.39, 0.29) is 5.91 Å². The number of aryl methyl sites for hydroxylation is 3. The predicted octanol–water partition coefficient (Wildman–Crippen LogP) is 6.33. The molecule has 0 spiro atoms. The van der Waals surface area contributed by atoms with Crippen LogP contribution in [0.3, 0.4) is 0 Å². The van der Waals surface area contributed by atoms with Crippen molar-refractivity contribution in [1.29, 1.82) is 0 Å². The van der Waals surface area contributed by atoms with Gasteiger partial charge in [-0.15, -0.1) is 0 Å². The topological polar surface area (TPSA) is 42.0 Å². The molecule has 0 aliphatic rings. The Labute approximate surface area is 171 Å². The lowest BCUT2D eigenvalue weighted by molar-refractivity contribution is 0.102. The number of fused-ring (bicyclic) bond motifs is 1. The number of benzene rings is 3. The van der Waals surface area contributed by atoms with E-state index >= 15 is 0 Å². The molecule has 0 aliphatic carbocycles. The van der Waals surface area contributed by atoms with Gasteiger partial charge in [0.2, 0.25) is 0 Å². The van der Waals surface area contributed by atoms with E-state index in [9.17, 15) is 4.79 Å². The van der Waals surface area contributed by atoms with Crippen molar-refractivity contribution in [2.75, 3.05) is 5.32 Å². The first kappa shape index (κ1) is 18.9. The maximum atomic E-state index is 13.3. The highest BCUT2D eigenvalue weighted by Crippen LogP contribution is 2.27. The van der Waals surface area contributed by atoms with Crippen LogP contribution in [0.25, 0.3) is 22.2 Å². The minimum Gasteiger partial charge on any atom is -0.322 e. The number of carbonyl (C=O) groups excluding carboxylic acids is 1. The van der Waals surface area contributed by atoms with Gasteiger partial charge in [-0.3, -0.25) is 4.79 Å². The molecule has 4 rings (SSSR count). The molecule has 1 N–H and O–H groups in total. The number of amides is 1. The average Bonchev–Trinajstić information content (AvgIpc) is 2.75. The van der Waals surface area contributed by atoms with Crippen molar-refractivity contribution in [1.82, 2.24) is 4.98 Å². The van der Waals surface area contributed by atoms with E-state index in [0.717, 1.165) is 39.8 Å². The van der Waals surface area contributed by atoms with Gasteiger partial charge < -0.3 is 5.32 Å². The molecule has 0 radical (unpaired) electrons. The largest absolute Gasteiger partial charge is 0.322 e. The summed E-state index contributed by atoms with van der Waals surface area (Å²) in [6.07, 6.45) is 0.911. The lowest BCUT2D eigenvalue weighted by atomic mass is 10.0. The van der Waals surface area contributed by atoms with Gasteiger partial charge in [-0.1, -0.05) is 49.4 Å². The summed E-state index contributed by atoms with van der Waals surface area (Å²) in [5.74, 6) is -0.119. The summed E-state index contributed by atoms with van der Waals surface area (Å²) < 4.78 is 0. The quantitative estimate of drug-likeness (QED) is 0.449. The third-order valence-corrected chi connectivity index (χ3v) is 5.36. The van der Waals surface area contributed by atoms with Gasteiger partial charge in [0.1, 0.15) is 0 Å². The first-order chi connectivity index (χ1) is 14.0. The molecule has 0 aliphatic heterocycles. The number of pyridine rings is 1. The number of hydrogen-bond acceptors (Lipinski definition) is 2. The van der Waals surface area contributed by atoms with Crippen LogP contribution in [-0.4, -0.2) is 10.9 Å². The van der Waals surface area contributed by atoms with Crippen LogP contribution in [0.5, 0.6) is 0 Å². The van der Waals surface area contributed by atoms with Crippen LogP contribution in [-0.2, 0) is 6.42 Å². The fourth-order valence-electron chi connectivity index (χ4n) is 3.46. The molecule has 1 aromatic heterocycles. The van der Waals surface area contributed by atoms with Gasteiger partial charge in [-0.05, 0) is 67.3 Å². The van der Waals surface area contributed by atoms with Gasteiger partial charge in [0.15, 0.2) is 0 Å². The van der Waals surface area contributed by atoms with Crippen molar-refractivity contribution in [3.05, 3.63) is 95.1 Å². The van der Waals surface area contributed by atoms with Gasteiger partial charge in [-0.2, -0.15) is 0 Å². The zero-order valence-electron chi connectivity index (χ0n) is 17.0. The Bertz CT molecular complexity index is 1200. The molecule has 0 saturated carbocycles. The van der Waals surface area contributed by atoms with Gasteiger partial charge in [0.25, 0.3) is 5.91 Å². The second-order valence-corrected chi connectivity index (χ2v) is 7.38. The lowest BCUT2D eigenvalue weighted by Gasteiger charge is -2.12. The van der Waals surface area contributed by atoms with E-state index in [0.29, 0.717) is 5.56 Å². The van der Waals surface area contributed by atoms with Crippen molar-refractivity contribution < 1.29 is 4.79 Å². The number of aromatic nitrogens is 1. The molecule has 4 aromatic rings. The smallest absolute Gasteiger partial charge is 0.256 e. The third kappa shape index (κ3) is 3.90. The van der Waals surface area contributed by atoms with Crippen LogP contribution >= 0.6 is 0 Å². The van der Waals surface area contributed by atoms with Crippen LogP contribution < -0.4 is 5.32 Å². The Morgan fingerprint density at radius 2 is 1.69 bits per heavy atom. The van der Waals surface area contributed by atoms with Crippen molar-refractivity contribution in [2.24, 2.45) is 0 Å². The molecule has 0 bridgehead atoms. The monoisotopic (exact) mass is 380 g/mol. The number of rotatable bonds is 4. The second-order valence-electron chi connectivity index (χ2n) is 7.38. The highest BCUT2D eigenvalue weighted by molar-refractivity contribution is 6.13. The average molecular weight is 380 g/mol. The van der Waals surface area contributed by atoms with Gasteiger partial charge in [-0.25, -0.2) is 4.98 Å². The van der Waals surface area contributed by atoms with E-state index in [1.807, 2.05) is 67.6 Å². The minimum atomic E-state index is -0.119. The van der Waals surface area contributed by atoms with E-state index in [4.69, 9.17) is 4.98 Å². The highest BCUT2D eigenvalue weighted by Gasteiger charge is 2.15. The predicted molar refractivity (Wildman–Crippen MR) is 120 cm³/mol. The first-order valence-corrected chi connectivity index (χ1v) is 9.93. The number of anilines is 1. The van der Waals surface area contributed by atoms with Crippen molar-refractivity contribution in [3.63, 3.8) is 0 Å². The zero-order valence-corrected chi connectivity index (χ0v) is 17.0. The summed E-state index contributed by atoms with van der Waals surface area (Å²) >= 11 is 0. The number of nitrogens with zero attached hydrogens (tertiary/aromatic N) is 1. The lowest BCUT2D eigenvalue weighted by Crippen LogP contribution is -2.13. The molecule has 3 aromatic carbocycles. The molecule has 1 heterocycles. The summed E-state index contributed by atoms with van der Waals surface area (Å²) in [5, 5.41) is 3.95. The summed E-state index contributed by atoms with van der Waals surface area (Å²) in [6, 6.07) is 24.0. The van der Waals surface area contributed by atoms with Crippen LogP contribution in [0, 0.1) is 13.8 Å². The second kappa shape index (κ2) is 7.88. The van der Waals surface area contributed by atoms with E-state index in [2.05, 4.69) is 31.3 Å². The molecule has 0 atom stereocenters.